The van der Waals surface area contributed by atoms with Gasteiger partial charge in [-0.05, 0) is 30.3 Å². The van der Waals surface area contributed by atoms with E-state index in [1.165, 1.54) is 52.9 Å². The Hall–Kier alpha value is -3.31. The lowest BCUT2D eigenvalue weighted by molar-refractivity contribution is -0.119. The number of amides is 1. The molecule has 11 heteroatoms. The van der Waals surface area contributed by atoms with Crippen molar-refractivity contribution in [3.05, 3.63) is 42.0 Å². The van der Waals surface area contributed by atoms with Crippen molar-refractivity contribution >= 4 is 22.1 Å². The van der Waals surface area contributed by atoms with Crippen LogP contribution in [0.2, 0.25) is 0 Å². The molecule has 1 amide bonds. The molecular weight excluding hydrogens is 414 g/mol. The number of carbonyl (C=O) groups excluding carboxylic acids is 1. The molecular formula is C19H23N3O7S. The SMILES string of the molecule is COc1ccc(OC)c(/C=N\NC(=O)CNS(=O)(=O)c2ccc(OC)c(OC)c2)c1. The van der Waals surface area contributed by atoms with E-state index in [0.717, 1.165) is 0 Å². The molecule has 30 heavy (non-hydrogen) atoms. The molecule has 0 aliphatic carbocycles. The molecule has 0 aromatic heterocycles. The van der Waals surface area contributed by atoms with E-state index in [0.29, 0.717) is 22.8 Å². The summed E-state index contributed by atoms with van der Waals surface area (Å²) in [5.41, 5.74) is 2.82. The molecule has 0 saturated heterocycles. The lowest BCUT2D eigenvalue weighted by Gasteiger charge is -2.10. The maximum atomic E-state index is 12.4. The van der Waals surface area contributed by atoms with E-state index in [1.807, 2.05) is 0 Å². The van der Waals surface area contributed by atoms with Crippen molar-refractivity contribution in [3.63, 3.8) is 0 Å². The highest BCUT2D eigenvalue weighted by Crippen LogP contribution is 2.29. The number of methoxy groups -OCH3 is 4. The minimum absolute atomic E-state index is 0.0717. The molecule has 0 saturated carbocycles. The summed E-state index contributed by atoms with van der Waals surface area (Å²) in [7, 11) is 1.91. The van der Waals surface area contributed by atoms with Gasteiger partial charge in [0, 0.05) is 11.6 Å². The van der Waals surface area contributed by atoms with Crippen molar-refractivity contribution in [2.24, 2.45) is 5.10 Å². The fourth-order valence-corrected chi connectivity index (χ4v) is 3.38. The van der Waals surface area contributed by atoms with Crippen molar-refractivity contribution < 1.29 is 32.2 Å². The largest absolute Gasteiger partial charge is 0.497 e. The summed E-state index contributed by atoms with van der Waals surface area (Å²) >= 11 is 0. The van der Waals surface area contributed by atoms with Crippen LogP contribution >= 0.6 is 0 Å². The molecule has 0 unspecified atom stereocenters. The van der Waals surface area contributed by atoms with Gasteiger partial charge < -0.3 is 18.9 Å². The van der Waals surface area contributed by atoms with E-state index in [2.05, 4.69) is 15.2 Å². The van der Waals surface area contributed by atoms with Crippen molar-refractivity contribution in [2.45, 2.75) is 4.90 Å². The summed E-state index contributed by atoms with van der Waals surface area (Å²) < 4.78 is 47.5. The third kappa shape index (κ3) is 5.84. The van der Waals surface area contributed by atoms with Crippen molar-refractivity contribution in [1.29, 1.82) is 0 Å². The van der Waals surface area contributed by atoms with E-state index in [1.54, 1.807) is 18.2 Å². The highest BCUT2D eigenvalue weighted by atomic mass is 32.2. The molecule has 0 atom stereocenters. The predicted molar refractivity (Wildman–Crippen MR) is 110 cm³/mol. The van der Waals surface area contributed by atoms with Gasteiger partial charge in [0.1, 0.15) is 11.5 Å². The minimum Gasteiger partial charge on any atom is -0.497 e. The number of hydrogen-bond donors (Lipinski definition) is 2. The van der Waals surface area contributed by atoms with E-state index in [9.17, 15) is 13.2 Å². The first-order valence-corrected chi connectivity index (χ1v) is 10.1. The number of ether oxygens (including phenoxy) is 4. The smallest absolute Gasteiger partial charge is 0.255 e. The van der Waals surface area contributed by atoms with Crippen LogP contribution in [-0.4, -0.2) is 55.5 Å². The molecule has 2 aromatic rings. The Kier molecular flexibility index (Phi) is 8.01. The molecule has 0 bridgehead atoms. The normalized spacial score (nSPS) is 11.2. The maximum Gasteiger partial charge on any atom is 0.255 e. The molecule has 0 spiro atoms. The van der Waals surface area contributed by atoms with Gasteiger partial charge >= 0.3 is 0 Å². The number of benzene rings is 2. The van der Waals surface area contributed by atoms with Crippen LogP contribution in [0.25, 0.3) is 0 Å². The third-order valence-electron chi connectivity index (χ3n) is 3.92. The molecule has 0 aliphatic heterocycles. The van der Waals surface area contributed by atoms with Crippen molar-refractivity contribution in [3.8, 4) is 23.0 Å². The second-order valence-corrected chi connectivity index (χ2v) is 7.51. The standard InChI is InChI=1S/C19H23N3O7S/c1-26-14-5-7-16(27-2)13(9-14)11-20-22-19(23)12-21-30(24,25)15-6-8-17(28-3)18(10-15)29-4/h5-11,21H,12H2,1-4H3,(H,22,23)/b20-11-. The monoisotopic (exact) mass is 437 g/mol. The first kappa shape index (κ1) is 23.0. The summed E-state index contributed by atoms with van der Waals surface area (Å²) in [4.78, 5) is 11.9. The van der Waals surface area contributed by atoms with Gasteiger partial charge in [-0.15, -0.1) is 0 Å². The van der Waals surface area contributed by atoms with Gasteiger partial charge in [0.25, 0.3) is 5.91 Å². The van der Waals surface area contributed by atoms with Crippen molar-refractivity contribution in [1.82, 2.24) is 10.1 Å². The lowest BCUT2D eigenvalue weighted by Crippen LogP contribution is -2.34. The molecule has 0 fully saturated rings. The van der Waals surface area contributed by atoms with Gasteiger partial charge in [0.2, 0.25) is 10.0 Å². The first-order chi connectivity index (χ1) is 14.3. The number of nitrogens with one attached hydrogen (secondary N) is 2. The van der Waals surface area contributed by atoms with Gasteiger partial charge in [-0.2, -0.15) is 5.10 Å². The third-order valence-corrected chi connectivity index (χ3v) is 5.32. The number of nitrogens with zero attached hydrogens (tertiary/aromatic N) is 1. The van der Waals surface area contributed by atoms with Gasteiger partial charge in [-0.25, -0.2) is 18.6 Å². The second kappa shape index (κ2) is 10.5. The number of sulfonamides is 1. The number of carbonyl (C=O) groups is 1. The van der Waals surface area contributed by atoms with E-state index < -0.39 is 22.5 Å². The maximum absolute atomic E-state index is 12.4. The first-order valence-electron chi connectivity index (χ1n) is 8.60. The molecule has 0 aliphatic rings. The molecule has 2 rings (SSSR count). The van der Waals surface area contributed by atoms with E-state index in [-0.39, 0.29) is 10.6 Å². The van der Waals surface area contributed by atoms with Crippen LogP contribution in [0.3, 0.4) is 0 Å². The van der Waals surface area contributed by atoms with Crippen LogP contribution in [-0.2, 0) is 14.8 Å². The Morgan fingerprint density at radius 2 is 1.60 bits per heavy atom. The highest BCUT2D eigenvalue weighted by molar-refractivity contribution is 7.89. The van der Waals surface area contributed by atoms with E-state index >= 15 is 0 Å². The summed E-state index contributed by atoms with van der Waals surface area (Å²) in [6.07, 6.45) is 1.36. The van der Waals surface area contributed by atoms with Gasteiger partial charge in [-0.1, -0.05) is 0 Å². The summed E-state index contributed by atoms with van der Waals surface area (Å²) in [6.45, 7) is -0.511. The fourth-order valence-electron chi connectivity index (χ4n) is 2.38. The van der Waals surface area contributed by atoms with E-state index in [4.69, 9.17) is 18.9 Å². The Bertz CT molecular complexity index is 1020. The molecule has 0 radical (unpaired) electrons. The summed E-state index contributed by atoms with van der Waals surface area (Å²) in [5, 5.41) is 3.82. The molecule has 162 valence electrons. The highest BCUT2D eigenvalue weighted by Gasteiger charge is 2.18. The topological polar surface area (TPSA) is 125 Å². The number of rotatable bonds is 10. The van der Waals surface area contributed by atoms with Crippen LogP contribution in [0.15, 0.2) is 46.4 Å². The minimum atomic E-state index is -3.94. The average Bonchev–Trinajstić information content (AvgIpc) is 2.77. The predicted octanol–water partition coefficient (Wildman–Crippen LogP) is 1.15. The quantitative estimate of drug-likeness (QED) is 0.422. The summed E-state index contributed by atoms with van der Waals surface area (Å²) in [5.74, 6) is 1.10. The number of hydrogen-bond acceptors (Lipinski definition) is 8. The zero-order valence-corrected chi connectivity index (χ0v) is 17.8. The average molecular weight is 437 g/mol. The fraction of sp³-hybridized carbons (Fsp3) is 0.263. The Morgan fingerprint density at radius 1 is 0.933 bits per heavy atom. The van der Waals surface area contributed by atoms with Gasteiger partial charge in [0.05, 0.1) is 46.1 Å². The molecule has 10 nitrogen and oxygen atoms in total. The Balaban J connectivity index is 2.00. The van der Waals surface area contributed by atoms with Crippen LogP contribution in [0.4, 0.5) is 0 Å². The van der Waals surface area contributed by atoms with Crippen LogP contribution in [0.1, 0.15) is 5.56 Å². The van der Waals surface area contributed by atoms with Gasteiger partial charge in [0.15, 0.2) is 11.5 Å². The zero-order valence-electron chi connectivity index (χ0n) is 17.0. The lowest BCUT2D eigenvalue weighted by atomic mass is 10.2. The second-order valence-electron chi connectivity index (χ2n) is 5.74. The molecule has 2 aromatic carbocycles. The van der Waals surface area contributed by atoms with Crippen molar-refractivity contribution in [2.75, 3.05) is 35.0 Å². The Morgan fingerprint density at radius 3 is 2.23 bits per heavy atom. The Labute approximate surface area is 174 Å². The zero-order chi connectivity index (χ0) is 22.1. The summed E-state index contributed by atoms with van der Waals surface area (Å²) in [6, 6.07) is 9.19. The van der Waals surface area contributed by atoms with Crippen LogP contribution in [0.5, 0.6) is 23.0 Å². The molecule has 2 N–H and O–H groups in total. The van der Waals surface area contributed by atoms with Gasteiger partial charge in [-0.3, -0.25) is 4.79 Å². The molecule has 0 heterocycles. The van der Waals surface area contributed by atoms with Crippen LogP contribution in [0, 0.1) is 0 Å². The number of hydrazone groups is 1. The van der Waals surface area contributed by atoms with Crippen LogP contribution < -0.4 is 29.1 Å².